The minimum Gasteiger partial charge on any atom is -0.352 e. The third-order valence-corrected chi connectivity index (χ3v) is 4.68. The van der Waals surface area contributed by atoms with Crippen molar-refractivity contribution < 1.29 is 4.79 Å². The molecule has 1 amide bonds. The van der Waals surface area contributed by atoms with Gasteiger partial charge in [-0.2, -0.15) is 0 Å². The molecule has 0 aromatic rings. The fraction of sp³-hybridized carbons (Fsp3) is 0.941. The summed E-state index contributed by atoms with van der Waals surface area (Å²) in [5, 5.41) is 6.74. The Morgan fingerprint density at radius 3 is 2.57 bits per heavy atom. The first kappa shape index (κ1) is 18.4. The molecule has 4 nitrogen and oxygen atoms in total. The quantitative estimate of drug-likeness (QED) is 0.651. The minimum atomic E-state index is -0.0282. The zero-order valence-corrected chi connectivity index (χ0v) is 14.5. The van der Waals surface area contributed by atoms with Crippen LogP contribution in [-0.2, 0) is 4.79 Å². The van der Waals surface area contributed by atoms with E-state index in [-0.39, 0.29) is 11.9 Å². The molecule has 0 radical (unpaired) electrons. The molecule has 124 valence electrons. The van der Waals surface area contributed by atoms with E-state index >= 15 is 0 Å². The zero-order chi connectivity index (χ0) is 15.7. The van der Waals surface area contributed by atoms with E-state index < -0.39 is 0 Å². The summed E-state index contributed by atoms with van der Waals surface area (Å²) in [7, 11) is 0. The number of hydrogen-bond acceptors (Lipinski definition) is 3. The molecule has 1 aliphatic rings. The van der Waals surface area contributed by atoms with Crippen LogP contribution in [0, 0.1) is 0 Å². The van der Waals surface area contributed by atoms with Crippen LogP contribution in [0.4, 0.5) is 0 Å². The van der Waals surface area contributed by atoms with Gasteiger partial charge in [0, 0.05) is 18.6 Å². The lowest BCUT2D eigenvalue weighted by atomic mass is 10.1. The van der Waals surface area contributed by atoms with Crippen LogP contribution in [-0.4, -0.2) is 48.6 Å². The summed E-state index contributed by atoms with van der Waals surface area (Å²) in [6.45, 7) is 11.7. The van der Waals surface area contributed by atoms with E-state index in [1.165, 1.54) is 19.3 Å². The van der Waals surface area contributed by atoms with Gasteiger partial charge in [-0.05, 0) is 52.1 Å². The molecule has 21 heavy (non-hydrogen) atoms. The predicted octanol–water partition coefficient (Wildman–Crippen LogP) is 2.53. The molecule has 0 bridgehead atoms. The van der Waals surface area contributed by atoms with Crippen molar-refractivity contribution >= 4 is 5.91 Å². The minimum absolute atomic E-state index is 0.0282. The Labute approximate surface area is 131 Å². The molecule has 0 aromatic carbocycles. The maximum absolute atomic E-state index is 12.5. The summed E-state index contributed by atoms with van der Waals surface area (Å²) in [6.07, 6.45) is 6.86. The molecule has 0 spiro atoms. The molecule has 0 aliphatic carbocycles. The molecule has 1 fully saturated rings. The Morgan fingerprint density at radius 1 is 1.33 bits per heavy atom. The number of hydrogen-bond donors (Lipinski definition) is 2. The highest BCUT2D eigenvalue weighted by atomic mass is 16.2. The number of unbranched alkanes of at least 4 members (excludes halogenated alkanes) is 1. The number of amides is 1. The Morgan fingerprint density at radius 2 is 2.05 bits per heavy atom. The van der Waals surface area contributed by atoms with Crippen LogP contribution in [0.5, 0.6) is 0 Å². The van der Waals surface area contributed by atoms with E-state index in [4.69, 9.17) is 0 Å². The molecule has 1 rings (SSSR count). The highest BCUT2D eigenvalue weighted by molar-refractivity contribution is 5.81. The van der Waals surface area contributed by atoms with E-state index in [0.717, 1.165) is 38.9 Å². The van der Waals surface area contributed by atoms with Crippen molar-refractivity contribution in [3.05, 3.63) is 0 Å². The van der Waals surface area contributed by atoms with Gasteiger partial charge in [-0.1, -0.05) is 27.2 Å². The van der Waals surface area contributed by atoms with Crippen LogP contribution in [0.25, 0.3) is 0 Å². The standard InChI is InChI=1S/C17H35N3O/c1-5-8-12-20(13-16-10-9-11-18-16)14(4)17(21)19-15(6-2)7-3/h14-16,18H,5-13H2,1-4H3,(H,19,21). The Bertz CT molecular complexity index is 286. The number of carbonyl (C=O) groups is 1. The highest BCUT2D eigenvalue weighted by Crippen LogP contribution is 2.11. The Balaban J connectivity index is 2.55. The second-order valence-corrected chi connectivity index (χ2v) is 6.34. The lowest BCUT2D eigenvalue weighted by Crippen LogP contribution is -2.51. The smallest absolute Gasteiger partial charge is 0.237 e. The van der Waals surface area contributed by atoms with Gasteiger partial charge in [0.05, 0.1) is 6.04 Å². The van der Waals surface area contributed by atoms with Gasteiger partial charge in [0.2, 0.25) is 5.91 Å². The van der Waals surface area contributed by atoms with Gasteiger partial charge in [-0.3, -0.25) is 9.69 Å². The van der Waals surface area contributed by atoms with E-state index in [9.17, 15) is 4.79 Å². The first-order chi connectivity index (χ1) is 10.1. The lowest BCUT2D eigenvalue weighted by molar-refractivity contribution is -0.126. The summed E-state index contributed by atoms with van der Waals surface area (Å²) in [6, 6.07) is 0.849. The van der Waals surface area contributed by atoms with Crippen LogP contribution in [0.1, 0.15) is 66.2 Å². The summed E-state index contributed by atoms with van der Waals surface area (Å²) >= 11 is 0. The SMILES string of the molecule is CCCCN(CC1CCCN1)C(C)C(=O)NC(CC)CC. The van der Waals surface area contributed by atoms with Crippen LogP contribution in [0.15, 0.2) is 0 Å². The maximum Gasteiger partial charge on any atom is 0.237 e. The van der Waals surface area contributed by atoms with Crippen molar-refractivity contribution in [1.29, 1.82) is 0 Å². The normalized spacial score (nSPS) is 20.2. The number of nitrogens with one attached hydrogen (secondary N) is 2. The third-order valence-electron chi connectivity index (χ3n) is 4.68. The predicted molar refractivity (Wildman–Crippen MR) is 89.5 cm³/mol. The van der Waals surface area contributed by atoms with E-state index in [1.807, 2.05) is 0 Å². The highest BCUT2D eigenvalue weighted by Gasteiger charge is 2.25. The van der Waals surface area contributed by atoms with Gasteiger partial charge in [0.25, 0.3) is 0 Å². The molecule has 2 atom stereocenters. The van der Waals surface area contributed by atoms with Gasteiger partial charge in [0.15, 0.2) is 0 Å². The van der Waals surface area contributed by atoms with E-state index in [0.29, 0.717) is 12.1 Å². The van der Waals surface area contributed by atoms with Gasteiger partial charge < -0.3 is 10.6 Å². The number of rotatable bonds is 10. The van der Waals surface area contributed by atoms with E-state index in [2.05, 4.69) is 43.2 Å². The first-order valence-electron chi connectivity index (χ1n) is 8.90. The first-order valence-corrected chi connectivity index (χ1v) is 8.90. The van der Waals surface area contributed by atoms with Crippen LogP contribution in [0.3, 0.4) is 0 Å². The summed E-state index contributed by atoms with van der Waals surface area (Å²) < 4.78 is 0. The molecule has 1 aliphatic heterocycles. The fourth-order valence-electron chi connectivity index (χ4n) is 2.98. The van der Waals surface area contributed by atoms with Crippen molar-refractivity contribution in [1.82, 2.24) is 15.5 Å². The van der Waals surface area contributed by atoms with Crippen molar-refractivity contribution in [2.45, 2.75) is 84.3 Å². The lowest BCUT2D eigenvalue weighted by Gasteiger charge is -2.31. The van der Waals surface area contributed by atoms with Crippen LogP contribution < -0.4 is 10.6 Å². The third kappa shape index (κ3) is 6.35. The molecule has 0 aromatic heterocycles. The summed E-state index contributed by atoms with van der Waals surface area (Å²) in [5.74, 6) is 0.192. The molecular weight excluding hydrogens is 262 g/mol. The largest absolute Gasteiger partial charge is 0.352 e. The number of nitrogens with zero attached hydrogens (tertiary/aromatic N) is 1. The van der Waals surface area contributed by atoms with Gasteiger partial charge in [-0.25, -0.2) is 0 Å². The van der Waals surface area contributed by atoms with Gasteiger partial charge in [-0.15, -0.1) is 0 Å². The Kier molecular flexibility index (Phi) is 8.93. The fourth-order valence-corrected chi connectivity index (χ4v) is 2.98. The van der Waals surface area contributed by atoms with Crippen molar-refractivity contribution in [3.8, 4) is 0 Å². The second kappa shape index (κ2) is 10.2. The molecular formula is C17H35N3O. The maximum atomic E-state index is 12.5. The molecule has 0 saturated carbocycles. The van der Waals surface area contributed by atoms with Gasteiger partial charge in [0.1, 0.15) is 0 Å². The van der Waals surface area contributed by atoms with Gasteiger partial charge >= 0.3 is 0 Å². The number of carbonyl (C=O) groups excluding carboxylic acids is 1. The summed E-state index contributed by atoms with van der Waals surface area (Å²) in [5.41, 5.74) is 0. The zero-order valence-electron chi connectivity index (χ0n) is 14.5. The van der Waals surface area contributed by atoms with Crippen molar-refractivity contribution in [2.75, 3.05) is 19.6 Å². The molecule has 2 unspecified atom stereocenters. The molecule has 1 saturated heterocycles. The van der Waals surface area contributed by atoms with Crippen molar-refractivity contribution in [2.24, 2.45) is 0 Å². The monoisotopic (exact) mass is 297 g/mol. The van der Waals surface area contributed by atoms with Crippen molar-refractivity contribution in [3.63, 3.8) is 0 Å². The molecule has 2 N–H and O–H groups in total. The molecule has 4 heteroatoms. The average Bonchev–Trinajstić information content (AvgIpc) is 3.00. The topological polar surface area (TPSA) is 44.4 Å². The summed E-state index contributed by atoms with van der Waals surface area (Å²) in [4.78, 5) is 14.8. The molecule has 1 heterocycles. The van der Waals surface area contributed by atoms with Crippen LogP contribution in [0.2, 0.25) is 0 Å². The Hall–Kier alpha value is -0.610. The van der Waals surface area contributed by atoms with Crippen LogP contribution >= 0.6 is 0 Å². The van der Waals surface area contributed by atoms with E-state index in [1.54, 1.807) is 0 Å². The second-order valence-electron chi connectivity index (χ2n) is 6.34. The average molecular weight is 297 g/mol.